The molecule has 21 heavy (non-hydrogen) atoms. The molecule has 0 aliphatic heterocycles. The predicted molar refractivity (Wildman–Crippen MR) is 77.4 cm³/mol. The minimum absolute atomic E-state index is 0.00408. The van der Waals surface area contributed by atoms with Gasteiger partial charge in [0.05, 0.1) is 5.02 Å². The minimum Gasteiger partial charge on any atom is -0.444 e. The number of rotatable bonds is 4. The molecule has 0 saturated carbocycles. The predicted octanol–water partition coefficient (Wildman–Crippen LogP) is 3.19. The maximum atomic E-state index is 13.8. The molecule has 4 nitrogen and oxygen atoms in total. The fourth-order valence-electron chi connectivity index (χ4n) is 1.74. The Balaban J connectivity index is 2.81. The molecule has 3 N–H and O–H groups in total. The monoisotopic (exact) mass is 320 g/mol. The average molecular weight is 321 g/mol. The highest BCUT2D eigenvalue weighted by Gasteiger charge is 2.22. The maximum Gasteiger partial charge on any atom is 0.407 e. The first kappa shape index (κ1) is 17.7. The first-order valence-electron chi connectivity index (χ1n) is 6.46. The highest BCUT2D eigenvalue weighted by atomic mass is 35.5. The number of carbonyl (C=O) groups is 1. The van der Waals surface area contributed by atoms with Gasteiger partial charge in [-0.1, -0.05) is 11.6 Å². The van der Waals surface area contributed by atoms with E-state index in [1.54, 1.807) is 20.8 Å². The summed E-state index contributed by atoms with van der Waals surface area (Å²) in [5, 5.41) is 2.15. The van der Waals surface area contributed by atoms with E-state index in [1.165, 1.54) is 0 Å². The van der Waals surface area contributed by atoms with Crippen molar-refractivity contribution in [2.75, 3.05) is 13.1 Å². The molecular formula is C14H19ClF2N2O2. The first-order chi connectivity index (χ1) is 9.65. The summed E-state index contributed by atoms with van der Waals surface area (Å²) in [5.41, 5.74) is 4.87. The summed E-state index contributed by atoms with van der Waals surface area (Å²) in [6.45, 7) is 5.14. The average Bonchev–Trinajstić information content (AvgIpc) is 2.36. The number of nitrogens with one attached hydrogen (secondary N) is 1. The standard InChI is InChI=1S/C14H19ClF2N2O2/c1-14(2,3)21-13(20)19-7-8(6-18)11-9(16)4-5-10(17)12(11)15/h4-5,8H,6-7,18H2,1-3H3,(H,19,20). The Morgan fingerprint density at radius 2 is 1.95 bits per heavy atom. The molecule has 0 aliphatic carbocycles. The van der Waals surface area contributed by atoms with Crippen LogP contribution in [0.3, 0.4) is 0 Å². The highest BCUT2D eigenvalue weighted by Crippen LogP contribution is 2.29. The number of nitrogens with two attached hydrogens (primary N) is 1. The van der Waals surface area contributed by atoms with Crippen molar-refractivity contribution in [3.63, 3.8) is 0 Å². The van der Waals surface area contributed by atoms with E-state index in [0.29, 0.717) is 0 Å². The third-order valence-corrected chi connectivity index (χ3v) is 3.05. The minimum atomic E-state index is -0.733. The van der Waals surface area contributed by atoms with Gasteiger partial charge in [-0.3, -0.25) is 0 Å². The molecular weight excluding hydrogens is 302 g/mol. The van der Waals surface area contributed by atoms with Gasteiger partial charge in [0.25, 0.3) is 0 Å². The van der Waals surface area contributed by atoms with E-state index in [0.717, 1.165) is 12.1 Å². The second-order valence-electron chi connectivity index (χ2n) is 5.57. The van der Waals surface area contributed by atoms with Gasteiger partial charge in [-0.2, -0.15) is 0 Å². The van der Waals surface area contributed by atoms with Gasteiger partial charge >= 0.3 is 6.09 Å². The first-order valence-corrected chi connectivity index (χ1v) is 6.83. The number of alkyl carbamates (subject to hydrolysis) is 1. The molecule has 0 spiro atoms. The van der Waals surface area contributed by atoms with E-state index < -0.39 is 29.2 Å². The normalized spacial score (nSPS) is 12.9. The fraction of sp³-hybridized carbons (Fsp3) is 0.500. The molecule has 1 aromatic rings. The van der Waals surface area contributed by atoms with E-state index in [1.807, 2.05) is 0 Å². The van der Waals surface area contributed by atoms with Crippen LogP contribution in [-0.4, -0.2) is 24.8 Å². The van der Waals surface area contributed by atoms with Gasteiger partial charge in [-0.25, -0.2) is 13.6 Å². The van der Waals surface area contributed by atoms with Gasteiger partial charge in [-0.05, 0) is 32.9 Å². The van der Waals surface area contributed by atoms with E-state index >= 15 is 0 Å². The zero-order chi connectivity index (χ0) is 16.2. The summed E-state index contributed by atoms with van der Waals surface area (Å²) < 4.78 is 32.3. The number of benzene rings is 1. The molecule has 118 valence electrons. The number of hydrogen-bond acceptors (Lipinski definition) is 3. The number of halogens is 3. The fourth-order valence-corrected chi connectivity index (χ4v) is 2.05. The van der Waals surface area contributed by atoms with Crippen LogP contribution in [-0.2, 0) is 4.74 Å². The number of hydrogen-bond donors (Lipinski definition) is 2. The van der Waals surface area contributed by atoms with Gasteiger partial charge in [0.1, 0.15) is 17.2 Å². The summed E-state index contributed by atoms with van der Waals surface area (Å²) in [7, 11) is 0. The Labute approximate surface area is 127 Å². The van der Waals surface area contributed by atoms with Crippen LogP contribution in [0.5, 0.6) is 0 Å². The van der Waals surface area contributed by atoms with Gasteiger partial charge in [-0.15, -0.1) is 0 Å². The van der Waals surface area contributed by atoms with Crippen molar-refractivity contribution in [3.05, 3.63) is 34.4 Å². The molecule has 1 atom stereocenters. The molecule has 0 aliphatic rings. The Morgan fingerprint density at radius 3 is 2.48 bits per heavy atom. The number of ether oxygens (including phenoxy) is 1. The molecule has 0 radical (unpaired) electrons. The van der Waals surface area contributed by atoms with E-state index in [9.17, 15) is 13.6 Å². The van der Waals surface area contributed by atoms with Crippen LogP contribution < -0.4 is 11.1 Å². The molecule has 0 aromatic heterocycles. The SMILES string of the molecule is CC(C)(C)OC(=O)NCC(CN)c1c(F)ccc(F)c1Cl. The van der Waals surface area contributed by atoms with Crippen molar-refractivity contribution in [2.24, 2.45) is 5.73 Å². The molecule has 0 heterocycles. The smallest absolute Gasteiger partial charge is 0.407 e. The summed E-state index contributed by atoms with van der Waals surface area (Å²) in [5.74, 6) is -2.05. The summed E-state index contributed by atoms with van der Waals surface area (Å²) >= 11 is 5.78. The number of amides is 1. The number of carbonyl (C=O) groups excluding carboxylic acids is 1. The van der Waals surface area contributed by atoms with Crippen LogP contribution in [0.25, 0.3) is 0 Å². The Bertz CT molecular complexity index is 518. The van der Waals surface area contributed by atoms with Crippen LogP contribution in [0.1, 0.15) is 32.3 Å². The summed E-state index contributed by atoms with van der Waals surface area (Å²) in [6.07, 6.45) is -0.658. The van der Waals surface area contributed by atoms with Crippen LogP contribution >= 0.6 is 11.6 Å². The second kappa shape index (κ2) is 7.04. The van der Waals surface area contributed by atoms with E-state index in [4.69, 9.17) is 22.1 Å². The largest absolute Gasteiger partial charge is 0.444 e. The topological polar surface area (TPSA) is 64.3 Å². The lowest BCUT2D eigenvalue weighted by Gasteiger charge is -2.22. The lowest BCUT2D eigenvalue weighted by Crippen LogP contribution is -2.36. The summed E-state index contributed by atoms with van der Waals surface area (Å²) in [6, 6.07) is 1.92. The lowest BCUT2D eigenvalue weighted by molar-refractivity contribution is 0.0524. The zero-order valence-electron chi connectivity index (χ0n) is 12.2. The maximum absolute atomic E-state index is 13.8. The molecule has 0 bridgehead atoms. The molecule has 1 aromatic carbocycles. The van der Waals surface area contributed by atoms with E-state index in [2.05, 4.69) is 5.32 Å². The van der Waals surface area contributed by atoms with Crippen LogP contribution in [0, 0.1) is 11.6 Å². The van der Waals surface area contributed by atoms with Gasteiger partial charge < -0.3 is 15.8 Å². The van der Waals surface area contributed by atoms with Crippen molar-refractivity contribution in [1.82, 2.24) is 5.32 Å². The third-order valence-electron chi connectivity index (χ3n) is 2.66. The molecule has 0 fully saturated rings. The van der Waals surface area contributed by atoms with Crippen LogP contribution in [0.2, 0.25) is 5.02 Å². The second-order valence-corrected chi connectivity index (χ2v) is 5.95. The van der Waals surface area contributed by atoms with Gasteiger partial charge in [0.2, 0.25) is 0 Å². The van der Waals surface area contributed by atoms with Crippen LogP contribution in [0.4, 0.5) is 13.6 Å². The molecule has 0 saturated heterocycles. The van der Waals surface area contributed by atoms with Crippen LogP contribution in [0.15, 0.2) is 12.1 Å². The van der Waals surface area contributed by atoms with Gasteiger partial charge in [0, 0.05) is 24.6 Å². The molecule has 1 rings (SSSR count). The molecule has 1 amide bonds. The molecule has 7 heteroatoms. The third kappa shape index (κ3) is 5.13. The van der Waals surface area contributed by atoms with Gasteiger partial charge in [0.15, 0.2) is 0 Å². The molecule has 1 unspecified atom stereocenters. The van der Waals surface area contributed by atoms with Crippen molar-refractivity contribution in [1.29, 1.82) is 0 Å². The van der Waals surface area contributed by atoms with Crippen molar-refractivity contribution < 1.29 is 18.3 Å². The quantitative estimate of drug-likeness (QED) is 0.837. The summed E-state index contributed by atoms with van der Waals surface area (Å²) in [4.78, 5) is 11.6. The highest BCUT2D eigenvalue weighted by molar-refractivity contribution is 6.31. The van der Waals surface area contributed by atoms with Crippen molar-refractivity contribution in [2.45, 2.75) is 32.3 Å². The van der Waals surface area contributed by atoms with Crippen molar-refractivity contribution in [3.8, 4) is 0 Å². The van der Waals surface area contributed by atoms with Crippen molar-refractivity contribution >= 4 is 17.7 Å². The van der Waals surface area contributed by atoms with E-state index in [-0.39, 0.29) is 23.7 Å². The Hall–Kier alpha value is -1.40. The Kier molecular flexibility index (Phi) is 5.92. The lowest BCUT2D eigenvalue weighted by atomic mass is 9.98. The zero-order valence-corrected chi connectivity index (χ0v) is 12.9. The Morgan fingerprint density at radius 1 is 1.38 bits per heavy atom.